The van der Waals surface area contributed by atoms with Gasteiger partial charge in [-0.05, 0) is 103 Å². The summed E-state index contributed by atoms with van der Waals surface area (Å²) in [5.41, 5.74) is -3.76. The van der Waals surface area contributed by atoms with E-state index in [1.54, 1.807) is 24.3 Å². The van der Waals surface area contributed by atoms with Gasteiger partial charge in [0.1, 0.15) is 40.5 Å². The molecule has 3 saturated carbocycles. The number of aldehydes is 1. The maximum Gasteiger partial charge on any atom is 0.240 e. The molecule has 2 aromatic carbocycles. The van der Waals surface area contributed by atoms with Crippen LogP contribution in [0, 0.1) is 39.9 Å². The van der Waals surface area contributed by atoms with Crippen LogP contribution in [0.4, 0.5) is 0 Å². The van der Waals surface area contributed by atoms with Gasteiger partial charge in [0.25, 0.3) is 0 Å². The summed E-state index contributed by atoms with van der Waals surface area (Å²) in [4.78, 5) is 43.3. The van der Waals surface area contributed by atoms with Crippen molar-refractivity contribution in [3.05, 3.63) is 112 Å². The van der Waals surface area contributed by atoms with E-state index in [-0.39, 0.29) is 52.7 Å². The maximum atomic E-state index is 15.6. The van der Waals surface area contributed by atoms with E-state index in [1.165, 1.54) is 27.7 Å². The Balaban J connectivity index is 1.06. The fourth-order valence-electron chi connectivity index (χ4n) is 14.3. The number of benzene rings is 2. The SMILES string of the molecule is O=C[C@H]1CCC[C@]12CC[C@]1(C2)C2=CCNC(=C2)NCSSC[C@]23C(=O)c4c(cccc4C(=O)[C@H]2C=C(Cc2cccc(CO)c2)C=C3O)O[C@]23CC[C@H]4C[C@@H]1[C@](O)([C@H](O)[C@@]4(CO)O2)[C@H]3O. The molecule has 7 bridgehead atoms. The van der Waals surface area contributed by atoms with Crippen molar-refractivity contribution in [2.75, 3.05) is 24.8 Å². The molecule has 9 aliphatic rings. The standard InChI is InChI=1S/C50H56N2O11S2/c53-22-29-5-1-4-28(16-29)17-30-18-35-41(57)34-7-2-8-36-40(34)42(58)47(35,38(56)19-30)26-64-65-27-52-39-21-31(10-15-51-39)46(14-13-45(24-46)11-3-6-33(45)23-54)37-20-32-9-12-49(62-36)44(60)50(37,61)43(59)48(32,25-55)63-49/h1-2,4-5,7-8,10,16,18-19,21,23,32-33,35,37,43-44,51-53,55-56,59-61H,3,6,9,11-15,17,20,22,24-27H2/t32-,33+,35+,37-,43+,44-,45+,46-,47-,48-,49+,50-/m0/s1. The summed E-state index contributed by atoms with van der Waals surface area (Å²) >= 11 is 0. The molecule has 65 heavy (non-hydrogen) atoms. The molecule has 15 heteroatoms. The van der Waals surface area contributed by atoms with Crippen molar-refractivity contribution in [3.63, 3.8) is 0 Å². The summed E-state index contributed by atoms with van der Waals surface area (Å²) in [5, 5.41) is 79.6. The molecule has 0 aromatic heterocycles. The summed E-state index contributed by atoms with van der Waals surface area (Å²) in [5.74, 6) is -4.73. The number of carbonyl (C=O) groups is 3. The van der Waals surface area contributed by atoms with E-state index in [4.69, 9.17) is 9.47 Å². The number of carbonyl (C=O) groups excluding carboxylic acids is 3. The summed E-state index contributed by atoms with van der Waals surface area (Å²) in [6.45, 7) is -0.358. The summed E-state index contributed by atoms with van der Waals surface area (Å²) < 4.78 is 13.7. The number of nitrogens with one attached hydrogen (secondary N) is 2. The molecule has 5 fully saturated rings. The molecule has 2 aromatic rings. The first-order valence-corrected chi connectivity index (χ1v) is 25.5. The van der Waals surface area contributed by atoms with Crippen LogP contribution in [-0.4, -0.2) is 102 Å². The van der Waals surface area contributed by atoms with Crippen LogP contribution in [0.5, 0.6) is 5.75 Å². The molecule has 12 atom stereocenters. The number of Topliss-reactive ketones (excluding diaryl/α,β-unsaturated/α-hetero) is 2. The Hall–Kier alpha value is -3.93. The summed E-state index contributed by atoms with van der Waals surface area (Å²) in [7, 11) is 2.80. The van der Waals surface area contributed by atoms with Gasteiger partial charge in [0.05, 0.1) is 36.4 Å². The largest absolute Gasteiger partial charge is 0.511 e. The molecule has 11 rings (SSSR count). The normalized spacial score (nSPS) is 41.6. The predicted octanol–water partition coefficient (Wildman–Crippen LogP) is 4.97. The quantitative estimate of drug-likeness (QED) is 0.147. The first kappa shape index (κ1) is 43.6. The fourth-order valence-corrected chi connectivity index (χ4v) is 16.6. The highest BCUT2D eigenvalue weighted by Crippen LogP contribution is 2.71. The minimum atomic E-state index is -2.31. The van der Waals surface area contributed by atoms with Crippen LogP contribution in [0.3, 0.4) is 0 Å². The molecule has 4 aliphatic heterocycles. The van der Waals surface area contributed by atoms with Gasteiger partial charge < -0.3 is 55.5 Å². The maximum absolute atomic E-state index is 15.6. The predicted molar refractivity (Wildman–Crippen MR) is 242 cm³/mol. The third kappa shape index (κ3) is 6.04. The Morgan fingerprint density at radius 3 is 2.58 bits per heavy atom. The van der Waals surface area contributed by atoms with Crippen molar-refractivity contribution in [1.82, 2.24) is 10.6 Å². The Kier molecular flexibility index (Phi) is 10.4. The number of rotatable bonds is 5. The number of dihydropyridines is 1. The number of fused-ring (bicyclic) bond motifs is 3. The lowest BCUT2D eigenvalue weighted by atomic mass is 9.46. The number of hydrogen-bond donors (Lipinski definition) is 8. The minimum absolute atomic E-state index is 0.0163. The van der Waals surface area contributed by atoms with Gasteiger partial charge in [0.2, 0.25) is 5.79 Å². The smallest absolute Gasteiger partial charge is 0.240 e. The van der Waals surface area contributed by atoms with Crippen LogP contribution < -0.4 is 15.4 Å². The average Bonchev–Trinajstić information content (AvgIpc) is 3.92. The molecule has 4 heterocycles. The molecule has 13 nitrogen and oxygen atoms in total. The molecular formula is C50H56N2O11S2. The minimum Gasteiger partial charge on any atom is -0.511 e. The number of aliphatic hydroxyl groups is 6. The molecule has 5 aliphatic carbocycles. The van der Waals surface area contributed by atoms with Gasteiger partial charge in [-0.3, -0.25) is 9.59 Å². The first-order valence-electron chi connectivity index (χ1n) is 23.0. The highest BCUT2D eigenvalue weighted by atomic mass is 33.1. The van der Waals surface area contributed by atoms with Crippen LogP contribution in [0.2, 0.25) is 0 Å². The molecule has 344 valence electrons. The Labute approximate surface area is 385 Å². The van der Waals surface area contributed by atoms with Gasteiger partial charge in [-0.2, -0.15) is 0 Å². The fraction of sp³-hybridized carbons (Fsp3) is 0.540. The highest BCUT2D eigenvalue weighted by molar-refractivity contribution is 8.76. The van der Waals surface area contributed by atoms with Crippen LogP contribution in [-0.2, 0) is 22.6 Å². The zero-order valence-electron chi connectivity index (χ0n) is 36.0. The van der Waals surface area contributed by atoms with E-state index >= 15 is 9.59 Å². The second-order valence-corrected chi connectivity index (χ2v) is 22.7. The monoisotopic (exact) mass is 924 g/mol. The topological polar surface area (TPSA) is 215 Å². The van der Waals surface area contributed by atoms with E-state index in [1.807, 2.05) is 24.3 Å². The van der Waals surface area contributed by atoms with Crippen LogP contribution >= 0.6 is 21.6 Å². The number of ether oxygens (including phenoxy) is 2. The zero-order valence-corrected chi connectivity index (χ0v) is 37.7. The van der Waals surface area contributed by atoms with Gasteiger partial charge in [0, 0.05) is 41.5 Å². The van der Waals surface area contributed by atoms with Crippen LogP contribution in [0.15, 0.2) is 89.5 Å². The van der Waals surface area contributed by atoms with Gasteiger partial charge >= 0.3 is 0 Å². The van der Waals surface area contributed by atoms with E-state index in [2.05, 4.69) is 22.8 Å². The molecule has 2 saturated heterocycles. The van der Waals surface area contributed by atoms with Gasteiger partial charge in [-0.25, -0.2) is 0 Å². The molecule has 8 N–H and O–H groups in total. The second-order valence-electron chi connectivity index (χ2n) is 20.2. The molecule has 4 spiro atoms. The van der Waals surface area contributed by atoms with Gasteiger partial charge in [-0.1, -0.05) is 76.6 Å². The Morgan fingerprint density at radius 1 is 0.938 bits per heavy atom. The Morgan fingerprint density at radius 2 is 1.77 bits per heavy atom. The van der Waals surface area contributed by atoms with E-state index < -0.39 is 76.0 Å². The van der Waals surface area contributed by atoms with Crippen molar-refractivity contribution in [2.24, 2.45) is 39.9 Å². The van der Waals surface area contributed by atoms with E-state index in [9.17, 15) is 35.4 Å². The second kappa shape index (κ2) is 15.6. The van der Waals surface area contributed by atoms with Crippen molar-refractivity contribution >= 4 is 39.4 Å². The molecular weight excluding hydrogens is 869 g/mol. The van der Waals surface area contributed by atoms with Crippen molar-refractivity contribution < 1.29 is 54.5 Å². The molecule has 0 amide bonds. The van der Waals surface area contributed by atoms with Crippen LogP contribution in [0.1, 0.15) is 89.6 Å². The van der Waals surface area contributed by atoms with Gasteiger partial charge in [-0.15, -0.1) is 0 Å². The average molecular weight is 925 g/mol. The van der Waals surface area contributed by atoms with Crippen LogP contribution in [0.25, 0.3) is 0 Å². The molecule has 0 unspecified atom stereocenters. The third-order valence-corrected chi connectivity index (χ3v) is 19.7. The lowest BCUT2D eigenvalue weighted by molar-refractivity contribution is -0.452. The van der Waals surface area contributed by atoms with Crippen molar-refractivity contribution in [1.29, 1.82) is 0 Å². The first-order chi connectivity index (χ1) is 31.3. The molecule has 0 radical (unpaired) electrons. The van der Waals surface area contributed by atoms with Crippen molar-refractivity contribution in [2.45, 2.75) is 100 Å². The lowest BCUT2D eigenvalue weighted by Crippen LogP contribution is -2.86. The third-order valence-electron chi connectivity index (χ3n) is 17.5. The van der Waals surface area contributed by atoms with E-state index in [0.29, 0.717) is 50.1 Å². The lowest BCUT2D eigenvalue weighted by Gasteiger charge is -2.70. The summed E-state index contributed by atoms with van der Waals surface area (Å²) in [6.07, 6.45) is 10.4. The zero-order chi connectivity index (χ0) is 45.1. The number of aliphatic hydroxyl groups excluding tert-OH is 5. The number of ketones is 2. The highest BCUT2D eigenvalue weighted by Gasteiger charge is 2.80. The van der Waals surface area contributed by atoms with Crippen molar-refractivity contribution in [3.8, 4) is 5.75 Å². The summed E-state index contributed by atoms with van der Waals surface area (Å²) in [6, 6.07) is 12.1. The number of allylic oxidation sites excluding steroid dienone is 6. The number of hydrogen-bond acceptors (Lipinski definition) is 15. The van der Waals surface area contributed by atoms with E-state index in [0.717, 1.165) is 54.5 Å². The Bertz CT molecular complexity index is 2490. The van der Waals surface area contributed by atoms with Gasteiger partial charge in [0.15, 0.2) is 17.7 Å².